The average Bonchev–Trinajstić information content (AvgIpc) is 3.30. The van der Waals surface area contributed by atoms with Gasteiger partial charge in [-0.25, -0.2) is 0 Å². The van der Waals surface area contributed by atoms with Gasteiger partial charge in [-0.2, -0.15) is 0 Å². The van der Waals surface area contributed by atoms with E-state index < -0.39 is 6.10 Å². The van der Waals surface area contributed by atoms with Crippen molar-refractivity contribution in [2.75, 3.05) is 13.2 Å². The zero-order chi connectivity index (χ0) is 47.2. The third kappa shape index (κ3) is 51.4. The standard InChI is InChI=1S/C59H100O6/c1-4-7-10-13-16-19-22-25-28-30-32-34-37-40-43-46-49-52-58(61)64-55-56(54-63-57(60)51-48-45-42-39-36-33-27-24-21-18-15-12-9-6-3)65-59(62)53-50-47-44-41-38-35-31-29-26-23-20-17-14-11-8-5-2/h9,12,16,18-19,21,25,28-29,31-32,34,40,43,56H,4-8,10-11,13-15,17,20,22-24,26-27,30,33,35-39,41-42,44-55H2,1-3H3/b12-9-,19-16-,21-18-,28-25-,31-29-,34-32-,43-40-. The minimum absolute atomic E-state index is 0.101. The molecule has 65 heavy (non-hydrogen) atoms. The Morgan fingerprint density at radius 3 is 1.05 bits per heavy atom. The summed E-state index contributed by atoms with van der Waals surface area (Å²) in [5.74, 6) is -0.974. The van der Waals surface area contributed by atoms with Crippen LogP contribution in [0.2, 0.25) is 0 Å². The Morgan fingerprint density at radius 1 is 0.323 bits per heavy atom. The number of rotatable bonds is 48. The lowest BCUT2D eigenvalue weighted by Crippen LogP contribution is -2.30. The zero-order valence-electron chi connectivity index (χ0n) is 42.5. The van der Waals surface area contributed by atoms with Crippen LogP contribution in [0.1, 0.15) is 252 Å². The van der Waals surface area contributed by atoms with Gasteiger partial charge in [-0.15, -0.1) is 0 Å². The van der Waals surface area contributed by atoms with E-state index >= 15 is 0 Å². The molecule has 0 aromatic carbocycles. The van der Waals surface area contributed by atoms with E-state index in [2.05, 4.69) is 106 Å². The van der Waals surface area contributed by atoms with Crippen molar-refractivity contribution in [2.45, 2.75) is 258 Å². The van der Waals surface area contributed by atoms with Gasteiger partial charge in [-0.1, -0.05) is 209 Å². The van der Waals surface area contributed by atoms with Gasteiger partial charge < -0.3 is 14.2 Å². The number of esters is 3. The minimum atomic E-state index is -0.806. The van der Waals surface area contributed by atoms with E-state index in [9.17, 15) is 14.4 Å². The van der Waals surface area contributed by atoms with Gasteiger partial charge >= 0.3 is 17.9 Å². The predicted molar refractivity (Wildman–Crippen MR) is 279 cm³/mol. The van der Waals surface area contributed by atoms with Crippen LogP contribution in [0.5, 0.6) is 0 Å². The van der Waals surface area contributed by atoms with Gasteiger partial charge in [-0.3, -0.25) is 14.4 Å². The molecule has 1 atom stereocenters. The van der Waals surface area contributed by atoms with E-state index in [-0.39, 0.29) is 37.5 Å². The second-order valence-corrected chi connectivity index (χ2v) is 17.7. The Kier molecular flexibility index (Phi) is 50.4. The van der Waals surface area contributed by atoms with Crippen LogP contribution in [0.3, 0.4) is 0 Å². The third-order valence-electron chi connectivity index (χ3n) is 11.4. The number of hydrogen-bond donors (Lipinski definition) is 0. The van der Waals surface area contributed by atoms with Gasteiger partial charge in [0.15, 0.2) is 6.10 Å². The molecule has 6 heteroatoms. The highest BCUT2D eigenvalue weighted by atomic mass is 16.6. The maximum absolute atomic E-state index is 12.8. The lowest BCUT2D eigenvalue weighted by Gasteiger charge is -2.18. The molecule has 0 amide bonds. The lowest BCUT2D eigenvalue weighted by molar-refractivity contribution is -0.167. The van der Waals surface area contributed by atoms with Crippen molar-refractivity contribution in [2.24, 2.45) is 0 Å². The summed E-state index contributed by atoms with van der Waals surface area (Å²) in [7, 11) is 0. The first kappa shape index (κ1) is 61.6. The maximum Gasteiger partial charge on any atom is 0.306 e. The quantitative estimate of drug-likeness (QED) is 0.0262. The normalized spacial score (nSPS) is 12.7. The van der Waals surface area contributed by atoms with Crippen LogP contribution in [-0.4, -0.2) is 37.2 Å². The molecule has 0 fully saturated rings. The Bertz CT molecular complexity index is 1270. The number of ether oxygens (including phenoxy) is 3. The predicted octanol–water partition coefficient (Wildman–Crippen LogP) is 18.0. The Balaban J connectivity index is 4.49. The van der Waals surface area contributed by atoms with E-state index in [1.807, 2.05) is 0 Å². The maximum atomic E-state index is 12.8. The SMILES string of the molecule is CC/C=C\C/C=C\CCCCCCCCCC(=O)OCC(COC(=O)CCC/C=C\C/C=C\C/C=C\C/C=C\CCCCC)OC(=O)CCCCCCC/C=C\CCCCCCCCC. The summed E-state index contributed by atoms with van der Waals surface area (Å²) in [6.07, 6.45) is 68.6. The van der Waals surface area contributed by atoms with E-state index in [0.717, 1.165) is 96.3 Å². The first-order valence-electron chi connectivity index (χ1n) is 27.1. The summed E-state index contributed by atoms with van der Waals surface area (Å²) in [6, 6.07) is 0. The molecule has 0 aliphatic carbocycles. The summed E-state index contributed by atoms with van der Waals surface area (Å²) in [4.78, 5) is 38.0. The summed E-state index contributed by atoms with van der Waals surface area (Å²) in [6.45, 7) is 6.44. The Labute approximate surface area is 401 Å². The molecular formula is C59H100O6. The van der Waals surface area contributed by atoms with Gasteiger partial charge in [0.25, 0.3) is 0 Å². The third-order valence-corrected chi connectivity index (χ3v) is 11.4. The highest BCUT2D eigenvalue weighted by Crippen LogP contribution is 2.14. The van der Waals surface area contributed by atoms with Crippen molar-refractivity contribution >= 4 is 17.9 Å². The first-order valence-corrected chi connectivity index (χ1v) is 27.1. The van der Waals surface area contributed by atoms with Gasteiger partial charge in [-0.05, 0) is 109 Å². The number of unbranched alkanes of at least 4 members (excludes halogenated alkanes) is 23. The van der Waals surface area contributed by atoms with Gasteiger partial charge in [0.05, 0.1) is 0 Å². The van der Waals surface area contributed by atoms with Crippen LogP contribution in [0.15, 0.2) is 85.1 Å². The monoisotopic (exact) mass is 905 g/mol. The highest BCUT2D eigenvalue weighted by Gasteiger charge is 2.19. The van der Waals surface area contributed by atoms with E-state index in [1.165, 1.54) is 109 Å². The molecular weight excluding hydrogens is 805 g/mol. The molecule has 0 aliphatic rings. The number of hydrogen-bond acceptors (Lipinski definition) is 6. The molecule has 0 bridgehead atoms. The van der Waals surface area contributed by atoms with Crippen molar-refractivity contribution in [3.05, 3.63) is 85.1 Å². The Hall–Kier alpha value is -3.41. The molecule has 0 N–H and O–H groups in total. The molecule has 0 aromatic heterocycles. The van der Waals surface area contributed by atoms with Crippen molar-refractivity contribution in [1.29, 1.82) is 0 Å². The summed E-state index contributed by atoms with van der Waals surface area (Å²) in [5.41, 5.74) is 0. The fraction of sp³-hybridized carbons (Fsp3) is 0.712. The van der Waals surface area contributed by atoms with Crippen LogP contribution in [0, 0.1) is 0 Å². The molecule has 0 heterocycles. The summed E-state index contributed by atoms with van der Waals surface area (Å²) in [5, 5.41) is 0. The number of carbonyl (C=O) groups is 3. The van der Waals surface area contributed by atoms with Crippen LogP contribution in [0.4, 0.5) is 0 Å². The van der Waals surface area contributed by atoms with E-state index in [0.29, 0.717) is 19.3 Å². The first-order chi connectivity index (χ1) is 32.0. The fourth-order valence-corrected chi connectivity index (χ4v) is 7.29. The smallest absolute Gasteiger partial charge is 0.306 e. The molecule has 0 spiro atoms. The van der Waals surface area contributed by atoms with Crippen molar-refractivity contribution in [1.82, 2.24) is 0 Å². The largest absolute Gasteiger partial charge is 0.462 e. The molecule has 372 valence electrons. The van der Waals surface area contributed by atoms with Crippen LogP contribution in [0.25, 0.3) is 0 Å². The van der Waals surface area contributed by atoms with Crippen molar-refractivity contribution in [3.63, 3.8) is 0 Å². The fourth-order valence-electron chi connectivity index (χ4n) is 7.29. The topological polar surface area (TPSA) is 78.9 Å². The van der Waals surface area contributed by atoms with Gasteiger partial charge in [0.2, 0.25) is 0 Å². The number of allylic oxidation sites excluding steroid dienone is 14. The van der Waals surface area contributed by atoms with Gasteiger partial charge in [0, 0.05) is 19.3 Å². The molecule has 0 rings (SSSR count). The van der Waals surface area contributed by atoms with Crippen LogP contribution >= 0.6 is 0 Å². The molecule has 0 aromatic rings. The van der Waals surface area contributed by atoms with Crippen molar-refractivity contribution < 1.29 is 28.6 Å². The lowest BCUT2D eigenvalue weighted by atomic mass is 10.1. The molecule has 0 aliphatic heterocycles. The van der Waals surface area contributed by atoms with Gasteiger partial charge in [0.1, 0.15) is 13.2 Å². The van der Waals surface area contributed by atoms with E-state index in [1.54, 1.807) is 0 Å². The molecule has 1 unspecified atom stereocenters. The molecule has 6 nitrogen and oxygen atoms in total. The van der Waals surface area contributed by atoms with Crippen LogP contribution < -0.4 is 0 Å². The molecule has 0 saturated carbocycles. The zero-order valence-corrected chi connectivity index (χ0v) is 42.5. The average molecular weight is 905 g/mol. The van der Waals surface area contributed by atoms with Crippen molar-refractivity contribution in [3.8, 4) is 0 Å². The number of carbonyl (C=O) groups excluding carboxylic acids is 3. The molecule has 0 radical (unpaired) electrons. The summed E-state index contributed by atoms with van der Waals surface area (Å²) >= 11 is 0. The Morgan fingerprint density at radius 2 is 0.615 bits per heavy atom. The second kappa shape index (κ2) is 53.2. The summed E-state index contributed by atoms with van der Waals surface area (Å²) < 4.78 is 16.8. The highest BCUT2D eigenvalue weighted by molar-refractivity contribution is 5.71. The molecule has 0 saturated heterocycles. The van der Waals surface area contributed by atoms with Crippen LogP contribution in [-0.2, 0) is 28.6 Å². The minimum Gasteiger partial charge on any atom is -0.462 e. The second-order valence-electron chi connectivity index (χ2n) is 17.7. The van der Waals surface area contributed by atoms with E-state index in [4.69, 9.17) is 14.2 Å².